The lowest BCUT2D eigenvalue weighted by atomic mass is 10.0. The second kappa shape index (κ2) is 4.40. The van der Waals surface area contributed by atoms with E-state index in [1.54, 1.807) is 0 Å². The monoisotopic (exact) mass is 183 g/mol. The van der Waals surface area contributed by atoms with Crippen LogP contribution in [0.5, 0.6) is 0 Å². The van der Waals surface area contributed by atoms with Gasteiger partial charge in [0.2, 0.25) is 0 Å². The third-order valence-electron chi connectivity index (χ3n) is 3.43. The first kappa shape index (κ1) is 9.44. The Balaban J connectivity index is 1.61. The van der Waals surface area contributed by atoms with Gasteiger partial charge in [0, 0.05) is 32.2 Å². The average Bonchev–Trinajstić information content (AvgIpc) is 2.17. The Labute approximate surface area is 81.1 Å². The first-order chi connectivity index (χ1) is 6.36. The Morgan fingerprint density at radius 3 is 2.54 bits per heavy atom. The minimum absolute atomic E-state index is 0.884. The highest BCUT2D eigenvalue weighted by Gasteiger charge is 2.24. The van der Waals surface area contributed by atoms with E-state index in [0.717, 1.165) is 6.04 Å². The van der Waals surface area contributed by atoms with E-state index < -0.39 is 0 Å². The van der Waals surface area contributed by atoms with E-state index in [9.17, 15) is 0 Å². The first-order valence-corrected chi connectivity index (χ1v) is 5.49. The van der Waals surface area contributed by atoms with Gasteiger partial charge in [0.1, 0.15) is 0 Å². The molecule has 0 aromatic heterocycles. The predicted molar refractivity (Wildman–Crippen MR) is 55.0 cm³/mol. The molecule has 1 N–H and O–H groups in total. The second-order valence-corrected chi connectivity index (χ2v) is 4.30. The van der Waals surface area contributed by atoms with Crippen LogP contribution < -0.4 is 5.32 Å². The van der Waals surface area contributed by atoms with Gasteiger partial charge < -0.3 is 15.1 Å². The number of hydrogen-bond acceptors (Lipinski definition) is 3. The zero-order chi connectivity index (χ0) is 9.10. The first-order valence-electron chi connectivity index (χ1n) is 5.49. The second-order valence-electron chi connectivity index (χ2n) is 4.30. The lowest BCUT2D eigenvalue weighted by Gasteiger charge is -2.39. The highest BCUT2D eigenvalue weighted by molar-refractivity contribution is 4.81. The minimum Gasteiger partial charge on any atom is -0.314 e. The van der Waals surface area contributed by atoms with Crippen LogP contribution in [-0.2, 0) is 0 Å². The predicted octanol–water partition coefficient (Wildman–Crippen LogP) is -0.0142. The van der Waals surface area contributed by atoms with Crippen molar-refractivity contribution in [1.29, 1.82) is 0 Å². The average molecular weight is 183 g/mol. The molecule has 0 aliphatic carbocycles. The third kappa shape index (κ3) is 2.42. The Bertz CT molecular complexity index is 154. The molecule has 13 heavy (non-hydrogen) atoms. The molecular weight excluding hydrogens is 162 g/mol. The molecule has 0 aromatic carbocycles. The molecule has 2 aliphatic rings. The summed E-state index contributed by atoms with van der Waals surface area (Å²) in [5, 5.41) is 3.39. The maximum atomic E-state index is 3.39. The fourth-order valence-corrected chi connectivity index (χ4v) is 2.20. The van der Waals surface area contributed by atoms with E-state index in [-0.39, 0.29) is 0 Å². The van der Waals surface area contributed by atoms with Crippen molar-refractivity contribution in [2.75, 3.05) is 46.3 Å². The van der Waals surface area contributed by atoms with Gasteiger partial charge in [-0.05, 0) is 33.0 Å². The van der Waals surface area contributed by atoms with Gasteiger partial charge in [0.05, 0.1) is 0 Å². The van der Waals surface area contributed by atoms with Crippen LogP contribution in [0.3, 0.4) is 0 Å². The fourth-order valence-electron chi connectivity index (χ4n) is 2.20. The summed E-state index contributed by atoms with van der Waals surface area (Å²) in [4.78, 5) is 5.06. The molecule has 2 saturated heterocycles. The van der Waals surface area contributed by atoms with Crippen molar-refractivity contribution in [3.05, 3.63) is 0 Å². The lowest BCUT2D eigenvalue weighted by molar-refractivity contribution is 0.101. The Hall–Kier alpha value is -0.120. The molecule has 76 valence electrons. The molecule has 2 fully saturated rings. The van der Waals surface area contributed by atoms with Crippen molar-refractivity contribution in [2.45, 2.75) is 18.9 Å². The summed E-state index contributed by atoms with van der Waals surface area (Å²) in [6, 6.07) is 0.884. The number of piperazine rings is 1. The number of hydrogen-bond donors (Lipinski definition) is 1. The molecule has 0 amide bonds. The fraction of sp³-hybridized carbons (Fsp3) is 1.00. The maximum absolute atomic E-state index is 3.39. The summed E-state index contributed by atoms with van der Waals surface area (Å²) in [6.07, 6.45) is 2.79. The summed E-state index contributed by atoms with van der Waals surface area (Å²) in [6.45, 7) is 7.47. The van der Waals surface area contributed by atoms with Gasteiger partial charge in [0.15, 0.2) is 0 Å². The Kier molecular flexibility index (Phi) is 3.19. The van der Waals surface area contributed by atoms with Crippen LogP contribution in [0.1, 0.15) is 12.8 Å². The number of rotatable bonds is 3. The molecule has 2 aliphatic heterocycles. The number of nitrogens with zero attached hydrogens (tertiary/aromatic N) is 2. The Morgan fingerprint density at radius 2 is 2.00 bits per heavy atom. The van der Waals surface area contributed by atoms with E-state index in [0.29, 0.717) is 0 Å². The van der Waals surface area contributed by atoms with Gasteiger partial charge >= 0.3 is 0 Å². The van der Waals surface area contributed by atoms with Gasteiger partial charge in [-0.1, -0.05) is 0 Å². The van der Waals surface area contributed by atoms with Gasteiger partial charge in [0.25, 0.3) is 0 Å². The largest absolute Gasteiger partial charge is 0.314 e. The van der Waals surface area contributed by atoms with Crippen LogP contribution >= 0.6 is 0 Å². The molecule has 0 radical (unpaired) electrons. The summed E-state index contributed by atoms with van der Waals surface area (Å²) < 4.78 is 0. The molecule has 0 spiro atoms. The van der Waals surface area contributed by atoms with Crippen molar-refractivity contribution in [3.8, 4) is 0 Å². The molecule has 2 rings (SSSR count). The van der Waals surface area contributed by atoms with Crippen molar-refractivity contribution in [1.82, 2.24) is 15.1 Å². The molecule has 1 unspecified atom stereocenters. The molecule has 0 bridgehead atoms. The molecule has 0 aromatic rings. The molecule has 3 nitrogen and oxygen atoms in total. The van der Waals surface area contributed by atoms with Gasteiger partial charge in [-0.3, -0.25) is 0 Å². The van der Waals surface area contributed by atoms with Crippen LogP contribution in [-0.4, -0.2) is 62.2 Å². The van der Waals surface area contributed by atoms with Crippen molar-refractivity contribution in [2.24, 2.45) is 0 Å². The van der Waals surface area contributed by atoms with E-state index in [4.69, 9.17) is 0 Å². The highest BCUT2D eigenvalue weighted by Crippen LogP contribution is 2.17. The van der Waals surface area contributed by atoms with Crippen LogP contribution in [0.2, 0.25) is 0 Å². The van der Waals surface area contributed by atoms with Crippen LogP contribution in [0.25, 0.3) is 0 Å². The van der Waals surface area contributed by atoms with E-state index in [1.807, 2.05) is 0 Å². The smallest absolute Gasteiger partial charge is 0.0117 e. The number of nitrogens with one attached hydrogen (secondary N) is 1. The topological polar surface area (TPSA) is 18.5 Å². The molecule has 2 heterocycles. The lowest BCUT2D eigenvalue weighted by Crippen LogP contribution is -2.48. The van der Waals surface area contributed by atoms with E-state index >= 15 is 0 Å². The maximum Gasteiger partial charge on any atom is 0.0117 e. The Morgan fingerprint density at radius 1 is 1.23 bits per heavy atom. The van der Waals surface area contributed by atoms with Gasteiger partial charge in [-0.15, -0.1) is 0 Å². The van der Waals surface area contributed by atoms with Crippen molar-refractivity contribution < 1.29 is 0 Å². The van der Waals surface area contributed by atoms with Crippen molar-refractivity contribution >= 4 is 0 Å². The molecule has 1 atom stereocenters. The van der Waals surface area contributed by atoms with E-state index in [2.05, 4.69) is 22.2 Å². The quantitative estimate of drug-likeness (QED) is 0.664. The summed E-state index contributed by atoms with van der Waals surface area (Å²) in [7, 11) is 2.24. The highest BCUT2D eigenvalue weighted by atomic mass is 15.2. The summed E-state index contributed by atoms with van der Waals surface area (Å²) in [5.41, 5.74) is 0. The van der Waals surface area contributed by atoms with Crippen LogP contribution in [0.4, 0.5) is 0 Å². The normalized spacial score (nSPS) is 31.6. The zero-order valence-corrected chi connectivity index (χ0v) is 8.63. The van der Waals surface area contributed by atoms with E-state index in [1.165, 1.54) is 52.1 Å². The zero-order valence-electron chi connectivity index (χ0n) is 8.63. The molecule has 0 saturated carbocycles. The standard InChI is InChI=1S/C10H21N3/c1-12-6-2-10(12)3-7-13-8-4-11-5-9-13/h10-11H,2-9H2,1H3. The number of likely N-dealkylation sites (tertiary alicyclic amines) is 1. The third-order valence-corrected chi connectivity index (χ3v) is 3.43. The molecular formula is C10H21N3. The summed E-state index contributed by atoms with van der Waals surface area (Å²) >= 11 is 0. The van der Waals surface area contributed by atoms with Crippen molar-refractivity contribution in [3.63, 3.8) is 0 Å². The van der Waals surface area contributed by atoms with Gasteiger partial charge in [-0.2, -0.15) is 0 Å². The van der Waals surface area contributed by atoms with Gasteiger partial charge in [-0.25, -0.2) is 0 Å². The minimum atomic E-state index is 0.884. The summed E-state index contributed by atoms with van der Waals surface area (Å²) in [5.74, 6) is 0. The SMILES string of the molecule is CN1CCC1CCN1CCNCC1. The van der Waals surface area contributed by atoms with Crippen LogP contribution in [0, 0.1) is 0 Å². The molecule has 3 heteroatoms. The van der Waals surface area contributed by atoms with Crippen LogP contribution in [0.15, 0.2) is 0 Å².